The smallest absolute Gasteiger partial charge is 0.235 e. The number of rotatable bonds is 3. The third-order valence-electron chi connectivity index (χ3n) is 2.94. The first-order chi connectivity index (χ1) is 10.2. The molecule has 1 fully saturated rings. The normalized spacial score (nSPS) is 13.7. The molecule has 1 aliphatic rings. The van der Waals surface area contributed by atoms with Crippen LogP contribution in [-0.4, -0.2) is 34.7 Å². The number of piperidine rings is 1. The molecule has 0 aliphatic carbocycles. The molecule has 1 aromatic heterocycles. The van der Waals surface area contributed by atoms with Crippen LogP contribution in [0.25, 0.3) is 0 Å². The average molecular weight is 307 g/mol. The maximum absolute atomic E-state index is 11.4. The summed E-state index contributed by atoms with van der Waals surface area (Å²) in [5.74, 6) is 0.585. The summed E-state index contributed by atoms with van der Waals surface area (Å²) in [5, 5.41) is 11.6. The second kappa shape index (κ2) is 9.19. The standard InChI is InChI=1S/C12H15N5OS.C2H6/c13-6-9-7-14-12(17-4-2-1-3-5-17)16-11(9)15-10(18)8-19;1-2/h7,19H,1-5,8H2,(H,14,15,16,18);1-2H3. The number of nitriles is 1. The lowest BCUT2D eigenvalue weighted by Gasteiger charge is -2.26. The summed E-state index contributed by atoms with van der Waals surface area (Å²) in [5.41, 5.74) is 0.260. The van der Waals surface area contributed by atoms with Gasteiger partial charge >= 0.3 is 0 Å². The van der Waals surface area contributed by atoms with Gasteiger partial charge in [0.15, 0.2) is 5.82 Å². The molecule has 1 N–H and O–H groups in total. The topological polar surface area (TPSA) is 81.9 Å². The number of hydrogen-bond acceptors (Lipinski definition) is 6. The SMILES string of the molecule is CC.N#Cc1cnc(N2CCCCC2)nc1NC(=O)CS. The Balaban J connectivity index is 0.00000106. The summed E-state index contributed by atoms with van der Waals surface area (Å²) in [4.78, 5) is 21.9. The van der Waals surface area contributed by atoms with Gasteiger partial charge < -0.3 is 10.2 Å². The summed E-state index contributed by atoms with van der Waals surface area (Å²) in [6.45, 7) is 5.82. The maximum atomic E-state index is 11.4. The lowest BCUT2D eigenvalue weighted by Crippen LogP contribution is -2.31. The van der Waals surface area contributed by atoms with Crippen LogP contribution in [-0.2, 0) is 4.79 Å². The Morgan fingerprint density at radius 3 is 2.67 bits per heavy atom. The van der Waals surface area contributed by atoms with Crippen molar-refractivity contribution in [3.8, 4) is 6.07 Å². The van der Waals surface area contributed by atoms with Crippen molar-refractivity contribution in [3.05, 3.63) is 11.8 Å². The van der Waals surface area contributed by atoms with Crippen molar-refractivity contribution < 1.29 is 4.79 Å². The number of carbonyl (C=O) groups excluding carboxylic acids is 1. The van der Waals surface area contributed by atoms with E-state index in [1.807, 2.05) is 19.9 Å². The van der Waals surface area contributed by atoms with Gasteiger partial charge in [0.05, 0.1) is 11.9 Å². The number of nitrogens with zero attached hydrogens (tertiary/aromatic N) is 4. The molecule has 0 unspecified atom stereocenters. The van der Waals surface area contributed by atoms with Crippen LogP contribution in [0.1, 0.15) is 38.7 Å². The zero-order valence-corrected chi connectivity index (χ0v) is 13.4. The van der Waals surface area contributed by atoms with Gasteiger partial charge in [-0.05, 0) is 19.3 Å². The van der Waals surface area contributed by atoms with Gasteiger partial charge in [0.2, 0.25) is 11.9 Å². The van der Waals surface area contributed by atoms with E-state index in [1.54, 1.807) is 0 Å². The van der Waals surface area contributed by atoms with Crippen LogP contribution in [0.3, 0.4) is 0 Å². The van der Waals surface area contributed by atoms with Crippen molar-refractivity contribution in [3.63, 3.8) is 0 Å². The molecule has 0 saturated carbocycles. The molecule has 114 valence electrons. The van der Waals surface area contributed by atoms with E-state index in [4.69, 9.17) is 5.26 Å². The van der Waals surface area contributed by atoms with E-state index in [1.165, 1.54) is 12.6 Å². The third kappa shape index (κ3) is 4.90. The zero-order valence-electron chi connectivity index (χ0n) is 12.5. The van der Waals surface area contributed by atoms with Crippen LogP contribution >= 0.6 is 12.6 Å². The quantitative estimate of drug-likeness (QED) is 0.837. The fourth-order valence-corrected chi connectivity index (χ4v) is 2.05. The molecule has 6 nitrogen and oxygen atoms in total. The van der Waals surface area contributed by atoms with Crippen LogP contribution in [0.2, 0.25) is 0 Å². The molecule has 0 spiro atoms. The number of hydrogen-bond donors (Lipinski definition) is 2. The number of aromatic nitrogens is 2. The van der Waals surface area contributed by atoms with Crippen LogP contribution in [0.5, 0.6) is 0 Å². The van der Waals surface area contributed by atoms with E-state index in [9.17, 15) is 4.79 Å². The Hall–Kier alpha value is -1.81. The second-order valence-electron chi connectivity index (χ2n) is 4.30. The first-order valence-corrected chi connectivity index (χ1v) is 7.80. The molecule has 21 heavy (non-hydrogen) atoms. The fraction of sp³-hybridized carbons (Fsp3) is 0.571. The maximum Gasteiger partial charge on any atom is 0.235 e. The summed E-state index contributed by atoms with van der Waals surface area (Å²) >= 11 is 3.89. The zero-order chi connectivity index (χ0) is 15.7. The van der Waals surface area contributed by atoms with Crippen LogP contribution in [0, 0.1) is 11.3 Å². The number of anilines is 2. The first kappa shape index (κ1) is 17.2. The highest BCUT2D eigenvalue weighted by Gasteiger charge is 2.16. The lowest BCUT2D eigenvalue weighted by atomic mass is 10.1. The highest BCUT2D eigenvalue weighted by atomic mass is 32.1. The molecular formula is C14H21N5OS. The minimum Gasteiger partial charge on any atom is -0.341 e. The van der Waals surface area contributed by atoms with E-state index in [2.05, 4.69) is 32.8 Å². The van der Waals surface area contributed by atoms with Gasteiger partial charge in [-0.2, -0.15) is 22.9 Å². The van der Waals surface area contributed by atoms with Gasteiger partial charge in [-0.3, -0.25) is 4.79 Å². The highest BCUT2D eigenvalue weighted by molar-refractivity contribution is 7.81. The van der Waals surface area contributed by atoms with Crippen molar-refractivity contribution >= 4 is 30.3 Å². The summed E-state index contributed by atoms with van der Waals surface area (Å²) in [7, 11) is 0. The monoisotopic (exact) mass is 307 g/mol. The average Bonchev–Trinajstić information content (AvgIpc) is 2.57. The number of carbonyl (C=O) groups is 1. The van der Waals surface area contributed by atoms with Gasteiger partial charge in [-0.15, -0.1) is 0 Å². The number of amides is 1. The molecule has 2 rings (SSSR count). The molecule has 0 aromatic carbocycles. The molecule has 1 aliphatic heterocycles. The Kier molecular flexibility index (Phi) is 7.54. The Morgan fingerprint density at radius 1 is 1.43 bits per heavy atom. The van der Waals surface area contributed by atoms with Crippen molar-refractivity contribution in [1.29, 1.82) is 5.26 Å². The largest absolute Gasteiger partial charge is 0.341 e. The molecule has 1 aromatic rings. The van der Waals surface area contributed by atoms with Gasteiger partial charge in [0, 0.05) is 13.1 Å². The fourth-order valence-electron chi connectivity index (χ4n) is 1.97. The molecule has 0 atom stereocenters. The second-order valence-corrected chi connectivity index (χ2v) is 4.61. The number of nitrogens with one attached hydrogen (secondary N) is 1. The summed E-state index contributed by atoms with van der Waals surface area (Å²) in [6, 6.07) is 1.97. The van der Waals surface area contributed by atoms with E-state index in [-0.39, 0.29) is 23.0 Å². The molecule has 0 bridgehead atoms. The van der Waals surface area contributed by atoms with Crippen molar-refractivity contribution in [2.75, 3.05) is 29.1 Å². The van der Waals surface area contributed by atoms with Gasteiger partial charge in [0.1, 0.15) is 11.6 Å². The van der Waals surface area contributed by atoms with Gasteiger partial charge in [0.25, 0.3) is 0 Å². The summed E-state index contributed by atoms with van der Waals surface area (Å²) in [6.07, 6.45) is 4.89. The molecule has 1 saturated heterocycles. The predicted molar refractivity (Wildman–Crippen MR) is 86.6 cm³/mol. The van der Waals surface area contributed by atoms with Crippen LogP contribution in [0.4, 0.5) is 11.8 Å². The lowest BCUT2D eigenvalue weighted by molar-refractivity contribution is -0.113. The van der Waals surface area contributed by atoms with E-state index < -0.39 is 0 Å². The van der Waals surface area contributed by atoms with E-state index in [0.717, 1.165) is 25.9 Å². The molecule has 1 amide bonds. The Bertz CT molecular complexity index is 509. The first-order valence-electron chi connectivity index (χ1n) is 7.17. The van der Waals surface area contributed by atoms with Crippen LogP contribution < -0.4 is 10.2 Å². The third-order valence-corrected chi connectivity index (χ3v) is 3.22. The van der Waals surface area contributed by atoms with Crippen molar-refractivity contribution in [2.24, 2.45) is 0 Å². The molecule has 0 radical (unpaired) electrons. The number of thiol groups is 1. The minimum absolute atomic E-state index is 0.0495. The predicted octanol–water partition coefficient (Wildman–Crippen LogP) is 2.23. The Labute approximate surface area is 131 Å². The van der Waals surface area contributed by atoms with Crippen LogP contribution in [0.15, 0.2) is 6.20 Å². The molecular weight excluding hydrogens is 286 g/mol. The minimum atomic E-state index is -0.289. The van der Waals surface area contributed by atoms with Gasteiger partial charge in [-0.1, -0.05) is 13.8 Å². The van der Waals surface area contributed by atoms with Crippen molar-refractivity contribution in [2.45, 2.75) is 33.1 Å². The molecule has 7 heteroatoms. The van der Waals surface area contributed by atoms with Gasteiger partial charge in [-0.25, -0.2) is 4.98 Å². The molecule has 2 heterocycles. The van der Waals surface area contributed by atoms with Crippen molar-refractivity contribution in [1.82, 2.24) is 9.97 Å². The highest BCUT2D eigenvalue weighted by Crippen LogP contribution is 2.19. The Morgan fingerprint density at radius 2 is 2.10 bits per heavy atom. The van der Waals surface area contributed by atoms with E-state index in [0.29, 0.717) is 5.95 Å². The summed E-state index contributed by atoms with van der Waals surface area (Å²) < 4.78 is 0. The van der Waals surface area contributed by atoms with E-state index >= 15 is 0 Å².